The number of carbonyl (C=O) groups excluding carboxylic acids is 1. The van der Waals surface area contributed by atoms with E-state index in [1.54, 1.807) is 0 Å². The standard InChI is InChI=1S/C14H19N3O/c18-14-13-4-3-12(17-8-6-15-7-9-17)10-11(13)2-1-5-16-14/h3-4,10,15H,1-2,5-9H2,(H,16,18). The molecule has 1 fully saturated rings. The molecule has 1 aromatic rings. The Balaban J connectivity index is 1.89. The Bertz CT molecular complexity index is 452. The molecule has 2 aliphatic rings. The summed E-state index contributed by atoms with van der Waals surface area (Å²) in [6.07, 6.45) is 2.03. The lowest BCUT2D eigenvalue weighted by Crippen LogP contribution is -2.43. The van der Waals surface area contributed by atoms with Crippen LogP contribution in [0.4, 0.5) is 5.69 Å². The summed E-state index contributed by atoms with van der Waals surface area (Å²) in [6.45, 7) is 4.96. The van der Waals surface area contributed by atoms with Gasteiger partial charge < -0.3 is 15.5 Å². The number of nitrogens with one attached hydrogen (secondary N) is 2. The third kappa shape index (κ3) is 2.20. The number of amides is 1. The van der Waals surface area contributed by atoms with Crippen molar-refractivity contribution >= 4 is 11.6 Å². The van der Waals surface area contributed by atoms with Gasteiger partial charge in [0.1, 0.15) is 0 Å². The summed E-state index contributed by atoms with van der Waals surface area (Å²) < 4.78 is 0. The minimum absolute atomic E-state index is 0.0781. The van der Waals surface area contributed by atoms with Crippen molar-refractivity contribution in [2.75, 3.05) is 37.6 Å². The fraction of sp³-hybridized carbons (Fsp3) is 0.500. The number of benzene rings is 1. The Morgan fingerprint density at radius 3 is 2.78 bits per heavy atom. The molecule has 4 heteroatoms. The summed E-state index contributed by atoms with van der Waals surface area (Å²) in [7, 11) is 0. The molecule has 2 aliphatic heterocycles. The van der Waals surface area contributed by atoms with Gasteiger partial charge in [-0.3, -0.25) is 4.79 Å². The van der Waals surface area contributed by atoms with E-state index < -0.39 is 0 Å². The molecule has 18 heavy (non-hydrogen) atoms. The number of nitrogens with zero attached hydrogens (tertiary/aromatic N) is 1. The summed E-state index contributed by atoms with van der Waals surface area (Å²) >= 11 is 0. The number of fused-ring (bicyclic) bond motifs is 1. The highest BCUT2D eigenvalue weighted by Crippen LogP contribution is 2.22. The van der Waals surface area contributed by atoms with Gasteiger partial charge in [0.05, 0.1) is 0 Å². The third-order valence-corrected chi connectivity index (χ3v) is 3.72. The third-order valence-electron chi connectivity index (χ3n) is 3.72. The van der Waals surface area contributed by atoms with Crippen LogP contribution in [0.3, 0.4) is 0 Å². The number of carbonyl (C=O) groups is 1. The summed E-state index contributed by atoms with van der Waals surface area (Å²) in [5, 5.41) is 6.30. The van der Waals surface area contributed by atoms with Gasteiger partial charge in [0.15, 0.2) is 0 Å². The Kier molecular flexibility index (Phi) is 3.19. The van der Waals surface area contributed by atoms with Gasteiger partial charge >= 0.3 is 0 Å². The molecule has 0 radical (unpaired) electrons. The molecule has 2 heterocycles. The van der Waals surface area contributed by atoms with Crippen molar-refractivity contribution in [3.05, 3.63) is 29.3 Å². The van der Waals surface area contributed by atoms with Crippen LogP contribution in [0.2, 0.25) is 0 Å². The van der Waals surface area contributed by atoms with E-state index in [1.807, 2.05) is 6.07 Å². The summed E-state index contributed by atoms with van der Waals surface area (Å²) in [5.74, 6) is 0.0781. The van der Waals surface area contributed by atoms with E-state index in [9.17, 15) is 4.79 Å². The molecule has 0 aromatic heterocycles. The van der Waals surface area contributed by atoms with Crippen molar-refractivity contribution < 1.29 is 4.79 Å². The van der Waals surface area contributed by atoms with Crippen molar-refractivity contribution in [1.82, 2.24) is 10.6 Å². The zero-order valence-corrected chi connectivity index (χ0v) is 10.5. The van der Waals surface area contributed by atoms with Crippen molar-refractivity contribution in [3.8, 4) is 0 Å². The highest BCUT2D eigenvalue weighted by molar-refractivity contribution is 5.96. The second-order valence-corrected chi connectivity index (χ2v) is 4.94. The molecular formula is C14H19N3O. The molecule has 0 atom stereocenters. The van der Waals surface area contributed by atoms with E-state index in [4.69, 9.17) is 0 Å². The van der Waals surface area contributed by atoms with Crippen LogP contribution in [-0.4, -0.2) is 38.6 Å². The van der Waals surface area contributed by atoms with E-state index in [0.717, 1.165) is 51.1 Å². The predicted octanol–water partition coefficient (Wildman–Crippen LogP) is 0.772. The lowest BCUT2D eigenvalue weighted by Gasteiger charge is -2.30. The number of aryl methyl sites for hydroxylation is 1. The Labute approximate surface area is 107 Å². The number of rotatable bonds is 1. The first-order valence-corrected chi connectivity index (χ1v) is 6.71. The number of piperazine rings is 1. The van der Waals surface area contributed by atoms with Crippen LogP contribution in [0, 0.1) is 0 Å². The molecule has 1 amide bonds. The van der Waals surface area contributed by atoms with Crippen molar-refractivity contribution in [2.24, 2.45) is 0 Å². The summed E-state index contributed by atoms with van der Waals surface area (Å²) in [5.41, 5.74) is 3.30. The normalized spacial score (nSPS) is 20.0. The van der Waals surface area contributed by atoms with Crippen LogP contribution in [0.25, 0.3) is 0 Å². The maximum absolute atomic E-state index is 11.9. The van der Waals surface area contributed by atoms with E-state index >= 15 is 0 Å². The average molecular weight is 245 g/mol. The van der Waals surface area contributed by atoms with Crippen molar-refractivity contribution in [1.29, 1.82) is 0 Å². The fourth-order valence-corrected chi connectivity index (χ4v) is 2.70. The van der Waals surface area contributed by atoms with Crippen LogP contribution in [0.1, 0.15) is 22.3 Å². The molecule has 1 saturated heterocycles. The average Bonchev–Trinajstić information content (AvgIpc) is 2.61. The van der Waals surface area contributed by atoms with Gasteiger partial charge in [0.2, 0.25) is 0 Å². The van der Waals surface area contributed by atoms with E-state index in [1.165, 1.54) is 11.3 Å². The zero-order chi connectivity index (χ0) is 12.4. The largest absolute Gasteiger partial charge is 0.369 e. The van der Waals surface area contributed by atoms with Crippen molar-refractivity contribution in [3.63, 3.8) is 0 Å². The first kappa shape index (κ1) is 11.5. The Morgan fingerprint density at radius 2 is 1.94 bits per heavy atom. The minimum Gasteiger partial charge on any atom is -0.369 e. The lowest BCUT2D eigenvalue weighted by molar-refractivity contribution is 0.0956. The topological polar surface area (TPSA) is 44.4 Å². The number of anilines is 1. The second kappa shape index (κ2) is 4.98. The Hall–Kier alpha value is -1.55. The molecule has 96 valence electrons. The van der Waals surface area contributed by atoms with E-state index in [2.05, 4.69) is 27.7 Å². The van der Waals surface area contributed by atoms with Gasteiger partial charge in [-0.1, -0.05) is 0 Å². The van der Waals surface area contributed by atoms with Gasteiger partial charge in [-0.05, 0) is 36.6 Å². The molecule has 3 rings (SSSR count). The second-order valence-electron chi connectivity index (χ2n) is 4.94. The molecule has 4 nitrogen and oxygen atoms in total. The van der Waals surface area contributed by atoms with Crippen LogP contribution >= 0.6 is 0 Å². The van der Waals surface area contributed by atoms with Crippen LogP contribution < -0.4 is 15.5 Å². The maximum Gasteiger partial charge on any atom is 0.251 e. The van der Waals surface area contributed by atoms with Gasteiger partial charge in [0, 0.05) is 44.0 Å². The smallest absolute Gasteiger partial charge is 0.251 e. The summed E-state index contributed by atoms with van der Waals surface area (Å²) in [4.78, 5) is 14.2. The van der Waals surface area contributed by atoms with Gasteiger partial charge in [0.25, 0.3) is 5.91 Å². The molecule has 0 bridgehead atoms. The maximum atomic E-state index is 11.9. The molecule has 0 aliphatic carbocycles. The minimum atomic E-state index is 0.0781. The van der Waals surface area contributed by atoms with Gasteiger partial charge in [-0.2, -0.15) is 0 Å². The molecule has 0 spiro atoms. The first-order valence-electron chi connectivity index (χ1n) is 6.71. The quantitative estimate of drug-likeness (QED) is 0.768. The highest BCUT2D eigenvalue weighted by atomic mass is 16.1. The van der Waals surface area contributed by atoms with Gasteiger partial charge in [-0.15, -0.1) is 0 Å². The van der Waals surface area contributed by atoms with Crippen LogP contribution in [0.5, 0.6) is 0 Å². The Morgan fingerprint density at radius 1 is 1.11 bits per heavy atom. The van der Waals surface area contributed by atoms with Crippen molar-refractivity contribution in [2.45, 2.75) is 12.8 Å². The van der Waals surface area contributed by atoms with E-state index in [-0.39, 0.29) is 5.91 Å². The molecule has 2 N–H and O–H groups in total. The van der Waals surface area contributed by atoms with Crippen LogP contribution in [-0.2, 0) is 6.42 Å². The van der Waals surface area contributed by atoms with Gasteiger partial charge in [-0.25, -0.2) is 0 Å². The number of hydrogen-bond donors (Lipinski definition) is 2. The fourth-order valence-electron chi connectivity index (χ4n) is 2.70. The zero-order valence-electron chi connectivity index (χ0n) is 10.5. The van der Waals surface area contributed by atoms with Crippen LogP contribution in [0.15, 0.2) is 18.2 Å². The van der Waals surface area contributed by atoms with E-state index in [0.29, 0.717) is 0 Å². The molecular weight excluding hydrogens is 226 g/mol. The first-order chi connectivity index (χ1) is 8.84. The number of hydrogen-bond acceptors (Lipinski definition) is 3. The lowest BCUT2D eigenvalue weighted by atomic mass is 10.0. The SMILES string of the molecule is O=C1NCCCc2cc(N3CCNCC3)ccc21. The molecule has 1 aromatic carbocycles. The summed E-state index contributed by atoms with van der Waals surface area (Å²) in [6, 6.07) is 6.26. The highest BCUT2D eigenvalue weighted by Gasteiger charge is 2.17. The monoisotopic (exact) mass is 245 g/mol. The molecule has 0 unspecified atom stereocenters. The predicted molar refractivity (Wildman–Crippen MR) is 72.2 cm³/mol. The molecule has 0 saturated carbocycles.